The molecule has 182 valence electrons. The van der Waals surface area contributed by atoms with E-state index < -0.39 is 53.8 Å². The van der Waals surface area contributed by atoms with E-state index in [1.807, 2.05) is 0 Å². The first-order valence-corrected chi connectivity index (χ1v) is 11.2. The molecule has 4 amide bonds. The molecule has 0 saturated carbocycles. The quantitative estimate of drug-likeness (QED) is 0.107. The number of carbonyl (C=O) groups is 5. The summed E-state index contributed by atoms with van der Waals surface area (Å²) in [7, 11) is 0. The van der Waals surface area contributed by atoms with Crippen LogP contribution in [0.5, 0.6) is 0 Å². The molecule has 0 radical (unpaired) electrons. The highest BCUT2D eigenvalue weighted by Crippen LogP contribution is 2.19. The number of primary amides is 1. The van der Waals surface area contributed by atoms with Gasteiger partial charge in [0.2, 0.25) is 23.6 Å². The summed E-state index contributed by atoms with van der Waals surface area (Å²) < 4.78 is 0. The molecule has 1 aliphatic heterocycles. The van der Waals surface area contributed by atoms with Crippen molar-refractivity contribution in [3.05, 3.63) is 0 Å². The second-order valence-corrected chi connectivity index (χ2v) is 8.09. The van der Waals surface area contributed by atoms with Crippen LogP contribution in [-0.4, -0.2) is 82.6 Å². The molecule has 0 aliphatic carbocycles. The van der Waals surface area contributed by atoms with Crippen LogP contribution in [0.15, 0.2) is 0 Å². The number of amides is 4. The lowest BCUT2D eigenvalue weighted by Gasteiger charge is -2.29. The van der Waals surface area contributed by atoms with Crippen molar-refractivity contribution < 1.29 is 29.1 Å². The van der Waals surface area contributed by atoms with Gasteiger partial charge in [-0.05, 0) is 45.1 Å². The van der Waals surface area contributed by atoms with Crippen molar-refractivity contribution >= 4 is 42.2 Å². The van der Waals surface area contributed by atoms with E-state index >= 15 is 0 Å². The SMILES string of the molecule is NCCCCC(NC(=O)C(N)CS)C(=O)NC(CCC(N)=O)C(=O)N1CCCC1C(=O)O. The molecule has 32 heavy (non-hydrogen) atoms. The second-order valence-electron chi connectivity index (χ2n) is 7.73. The molecule has 0 aromatic rings. The zero-order chi connectivity index (χ0) is 24.3. The summed E-state index contributed by atoms with van der Waals surface area (Å²) in [5.74, 6) is -3.55. The Labute approximate surface area is 192 Å². The maximum Gasteiger partial charge on any atom is 0.326 e. The van der Waals surface area contributed by atoms with Crippen LogP contribution in [0.1, 0.15) is 44.9 Å². The van der Waals surface area contributed by atoms with Crippen LogP contribution in [0.2, 0.25) is 0 Å². The predicted molar refractivity (Wildman–Crippen MR) is 119 cm³/mol. The molecule has 4 atom stereocenters. The number of carboxylic acids is 1. The highest BCUT2D eigenvalue weighted by molar-refractivity contribution is 7.80. The van der Waals surface area contributed by atoms with Crippen LogP contribution in [0.25, 0.3) is 0 Å². The minimum atomic E-state index is -1.16. The summed E-state index contributed by atoms with van der Waals surface area (Å²) in [5, 5.41) is 14.5. The summed E-state index contributed by atoms with van der Waals surface area (Å²) in [6.45, 7) is 0.635. The highest BCUT2D eigenvalue weighted by Gasteiger charge is 2.38. The fourth-order valence-electron chi connectivity index (χ4n) is 3.43. The number of thiol groups is 1. The Morgan fingerprint density at radius 2 is 1.72 bits per heavy atom. The third-order valence-electron chi connectivity index (χ3n) is 5.23. The normalized spacial score (nSPS) is 18.5. The van der Waals surface area contributed by atoms with Gasteiger partial charge in [0.1, 0.15) is 18.1 Å². The van der Waals surface area contributed by atoms with Crippen molar-refractivity contribution in [3.8, 4) is 0 Å². The van der Waals surface area contributed by atoms with Gasteiger partial charge in [-0.25, -0.2) is 4.79 Å². The summed E-state index contributed by atoms with van der Waals surface area (Å²) in [5.41, 5.74) is 16.4. The number of nitrogens with one attached hydrogen (secondary N) is 2. The Balaban J connectivity index is 2.99. The van der Waals surface area contributed by atoms with Crippen molar-refractivity contribution in [2.45, 2.75) is 69.1 Å². The number of hydrogen-bond acceptors (Lipinski definition) is 8. The van der Waals surface area contributed by atoms with Crippen LogP contribution in [0.4, 0.5) is 0 Å². The Hall–Kier alpha value is -2.38. The van der Waals surface area contributed by atoms with Gasteiger partial charge in [0, 0.05) is 18.7 Å². The van der Waals surface area contributed by atoms with Crippen molar-refractivity contribution in [1.29, 1.82) is 0 Å². The first kappa shape index (κ1) is 27.7. The maximum atomic E-state index is 13.0. The van der Waals surface area contributed by atoms with Crippen LogP contribution < -0.4 is 27.8 Å². The zero-order valence-corrected chi connectivity index (χ0v) is 18.9. The number of nitrogens with two attached hydrogens (primary N) is 3. The van der Waals surface area contributed by atoms with E-state index in [9.17, 15) is 29.1 Å². The average Bonchev–Trinajstić information content (AvgIpc) is 3.24. The van der Waals surface area contributed by atoms with Crippen LogP contribution in [0, 0.1) is 0 Å². The topological polar surface area (TPSA) is 211 Å². The largest absolute Gasteiger partial charge is 0.480 e. The Kier molecular flexibility index (Phi) is 12.0. The first-order valence-electron chi connectivity index (χ1n) is 10.6. The average molecular weight is 475 g/mol. The molecule has 0 aromatic carbocycles. The lowest BCUT2D eigenvalue weighted by atomic mass is 10.0. The molecule has 0 bridgehead atoms. The number of nitrogens with zero attached hydrogens (tertiary/aromatic N) is 1. The van der Waals surface area contributed by atoms with Crippen molar-refractivity contribution in [2.75, 3.05) is 18.8 Å². The number of unbranched alkanes of at least 4 members (excludes halogenated alkanes) is 1. The molecule has 13 heteroatoms. The summed E-state index contributed by atoms with van der Waals surface area (Å²) >= 11 is 3.97. The van der Waals surface area contributed by atoms with E-state index in [-0.39, 0.29) is 31.6 Å². The molecule has 12 nitrogen and oxygen atoms in total. The van der Waals surface area contributed by atoms with E-state index in [0.29, 0.717) is 32.2 Å². The van der Waals surface area contributed by atoms with Gasteiger partial charge in [-0.1, -0.05) is 0 Å². The smallest absolute Gasteiger partial charge is 0.326 e. The number of rotatable bonds is 14. The van der Waals surface area contributed by atoms with Crippen molar-refractivity contribution in [2.24, 2.45) is 17.2 Å². The van der Waals surface area contributed by atoms with Crippen LogP contribution in [0.3, 0.4) is 0 Å². The van der Waals surface area contributed by atoms with Gasteiger partial charge < -0.3 is 37.8 Å². The van der Waals surface area contributed by atoms with E-state index in [1.165, 1.54) is 4.90 Å². The Morgan fingerprint density at radius 3 is 2.28 bits per heavy atom. The lowest BCUT2D eigenvalue weighted by Crippen LogP contribution is -2.57. The van der Waals surface area contributed by atoms with Gasteiger partial charge in [0.25, 0.3) is 0 Å². The summed E-state index contributed by atoms with van der Waals surface area (Å²) in [6.07, 6.45) is 1.95. The number of likely N-dealkylation sites (tertiary alicyclic amines) is 1. The van der Waals surface area contributed by atoms with Crippen molar-refractivity contribution in [1.82, 2.24) is 15.5 Å². The van der Waals surface area contributed by atoms with Gasteiger partial charge >= 0.3 is 5.97 Å². The zero-order valence-electron chi connectivity index (χ0n) is 18.0. The Bertz CT molecular complexity index is 693. The molecule has 1 rings (SSSR count). The van der Waals surface area contributed by atoms with Gasteiger partial charge in [0.15, 0.2) is 0 Å². The number of hydrogen-bond donors (Lipinski definition) is 7. The van der Waals surface area contributed by atoms with Gasteiger partial charge in [-0.3, -0.25) is 19.2 Å². The van der Waals surface area contributed by atoms with Crippen LogP contribution in [-0.2, 0) is 24.0 Å². The number of carbonyl (C=O) groups excluding carboxylic acids is 4. The van der Waals surface area contributed by atoms with E-state index in [1.54, 1.807) is 0 Å². The van der Waals surface area contributed by atoms with Gasteiger partial charge in [0.05, 0.1) is 6.04 Å². The molecule has 1 heterocycles. The minimum absolute atomic E-state index is 0.0776. The maximum absolute atomic E-state index is 13.0. The van der Waals surface area contributed by atoms with Crippen LogP contribution >= 0.6 is 12.6 Å². The lowest BCUT2D eigenvalue weighted by molar-refractivity contribution is -0.149. The fraction of sp³-hybridized carbons (Fsp3) is 0.737. The van der Waals surface area contributed by atoms with Gasteiger partial charge in [-0.2, -0.15) is 12.6 Å². The monoisotopic (exact) mass is 474 g/mol. The third-order valence-corrected chi connectivity index (χ3v) is 5.62. The first-order chi connectivity index (χ1) is 15.1. The minimum Gasteiger partial charge on any atom is -0.480 e. The van der Waals surface area contributed by atoms with Gasteiger partial charge in [-0.15, -0.1) is 0 Å². The molecular formula is C19H34N6O6S. The number of carboxylic acid groups (broad SMARTS) is 1. The molecule has 9 N–H and O–H groups in total. The molecule has 0 aromatic heterocycles. The predicted octanol–water partition coefficient (Wildman–Crippen LogP) is -2.32. The third kappa shape index (κ3) is 8.63. The van der Waals surface area contributed by atoms with Crippen molar-refractivity contribution in [3.63, 3.8) is 0 Å². The summed E-state index contributed by atoms with van der Waals surface area (Å²) in [6, 6.07) is -4.07. The second kappa shape index (κ2) is 13.9. The van der Waals surface area contributed by atoms with E-state index in [4.69, 9.17) is 17.2 Å². The molecule has 1 aliphatic rings. The molecule has 1 fully saturated rings. The Morgan fingerprint density at radius 1 is 1.06 bits per heavy atom. The number of aliphatic carboxylic acids is 1. The standard InChI is InChI=1S/C19H34N6O6S/c20-8-2-1-4-12(23-16(27)11(21)10-32)17(28)24-13(6-7-15(22)26)18(29)25-9-3-5-14(25)19(30)31/h11-14,32H,1-10,20-21H2,(H2,22,26)(H,23,27)(H,24,28)(H,30,31). The molecule has 1 saturated heterocycles. The molecule has 4 unspecified atom stereocenters. The summed E-state index contributed by atoms with van der Waals surface area (Å²) in [4.78, 5) is 62.1. The fourth-order valence-corrected chi connectivity index (χ4v) is 3.59. The molecule has 0 spiro atoms. The highest BCUT2D eigenvalue weighted by atomic mass is 32.1. The van der Waals surface area contributed by atoms with E-state index in [2.05, 4.69) is 23.3 Å². The van der Waals surface area contributed by atoms with E-state index in [0.717, 1.165) is 0 Å². The molecular weight excluding hydrogens is 440 g/mol.